The maximum Gasteiger partial charge on any atom is 0.0738 e. The Morgan fingerprint density at radius 1 is 1.13 bits per heavy atom. The quantitative estimate of drug-likeness (QED) is 0.709. The zero-order valence-electron chi connectivity index (χ0n) is 8.61. The van der Waals surface area contributed by atoms with Crippen LogP contribution in [0.4, 0.5) is 0 Å². The number of hydrogen-bond donors (Lipinski definition) is 0. The summed E-state index contributed by atoms with van der Waals surface area (Å²) >= 11 is 5.64. The first kappa shape index (κ1) is 10.9. The summed E-state index contributed by atoms with van der Waals surface area (Å²) in [6.07, 6.45) is 1.12. The van der Waals surface area contributed by atoms with Crippen molar-refractivity contribution in [2.75, 3.05) is 0 Å². The summed E-state index contributed by atoms with van der Waals surface area (Å²) in [5, 5.41) is 0. The fourth-order valence-electron chi connectivity index (χ4n) is 1.51. The van der Waals surface area contributed by atoms with Crippen LogP contribution in [0.25, 0.3) is 0 Å². The van der Waals surface area contributed by atoms with Crippen molar-refractivity contribution in [3.8, 4) is 0 Å². The van der Waals surface area contributed by atoms with Crippen molar-refractivity contribution < 1.29 is 0 Å². The number of halogens is 1. The Morgan fingerprint density at radius 3 is 2.47 bits per heavy atom. The monoisotopic (exact) mass is 280 g/mol. The van der Waals surface area contributed by atoms with Crippen molar-refractivity contribution in [1.29, 1.82) is 0 Å². The molecule has 2 aromatic rings. The summed E-state index contributed by atoms with van der Waals surface area (Å²) in [4.78, 5) is 3.17. The third-order valence-electron chi connectivity index (χ3n) is 2.37. The average Bonchev–Trinajstić information content (AvgIpc) is 2.78. The molecule has 0 saturated heterocycles. The molecule has 1 aromatic carbocycles. The summed E-state index contributed by atoms with van der Waals surface area (Å²) in [7, 11) is 0. The van der Waals surface area contributed by atoms with E-state index in [0.29, 0.717) is 4.83 Å². The maximum atomic E-state index is 3.75. The van der Waals surface area contributed by atoms with Gasteiger partial charge in [-0.3, -0.25) is 0 Å². The Hall–Kier alpha value is -0.600. The van der Waals surface area contributed by atoms with Crippen LogP contribution in [-0.2, 0) is 6.42 Å². The molecule has 0 aliphatic carbocycles. The van der Waals surface area contributed by atoms with Gasteiger partial charge in [0.15, 0.2) is 0 Å². The highest BCUT2D eigenvalue weighted by atomic mass is 79.9. The molecule has 1 atom stereocenters. The van der Waals surface area contributed by atoms with Crippen molar-refractivity contribution in [1.82, 2.24) is 0 Å². The second-order valence-corrected chi connectivity index (χ2v) is 5.55. The van der Waals surface area contributed by atoms with Crippen LogP contribution in [0.15, 0.2) is 42.5 Å². The van der Waals surface area contributed by atoms with E-state index < -0.39 is 0 Å². The van der Waals surface area contributed by atoms with Gasteiger partial charge in [-0.1, -0.05) is 53.2 Å². The lowest BCUT2D eigenvalue weighted by molar-refractivity contribution is 1.19. The molecule has 0 nitrogen and oxygen atoms in total. The zero-order valence-corrected chi connectivity index (χ0v) is 11.0. The number of aryl methyl sites for hydroxylation is 1. The summed E-state index contributed by atoms with van der Waals surface area (Å²) in [5.74, 6) is 0. The summed E-state index contributed by atoms with van der Waals surface area (Å²) in [6.45, 7) is 2.20. The van der Waals surface area contributed by atoms with Gasteiger partial charge in [-0.15, -0.1) is 11.3 Å². The zero-order chi connectivity index (χ0) is 10.7. The van der Waals surface area contributed by atoms with Crippen LogP contribution in [0.1, 0.15) is 27.1 Å². The standard InChI is InChI=1S/C13H13BrS/c1-2-11-8-9-12(15-11)13(14)10-6-4-3-5-7-10/h3-9,13H,2H2,1H3. The summed E-state index contributed by atoms with van der Waals surface area (Å²) in [6, 6.07) is 15.0. The van der Waals surface area contributed by atoms with Crippen molar-refractivity contribution >= 4 is 27.3 Å². The van der Waals surface area contributed by atoms with Crippen LogP contribution < -0.4 is 0 Å². The molecule has 0 bridgehead atoms. The smallest absolute Gasteiger partial charge is 0.0738 e. The van der Waals surface area contributed by atoms with E-state index in [0.717, 1.165) is 6.42 Å². The molecule has 0 aliphatic heterocycles. The molecule has 15 heavy (non-hydrogen) atoms. The van der Waals surface area contributed by atoms with E-state index in [1.807, 2.05) is 11.3 Å². The van der Waals surface area contributed by atoms with E-state index in [1.165, 1.54) is 15.3 Å². The van der Waals surface area contributed by atoms with E-state index >= 15 is 0 Å². The van der Waals surface area contributed by atoms with Crippen LogP contribution in [0, 0.1) is 0 Å². The first-order chi connectivity index (χ1) is 7.31. The third-order valence-corrected chi connectivity index (χ3v) is 4.99. The fourth-order valence-corrected chi connectivity index (χ4v) is 3.20. The highest BCUT2D eigenvalue weighted by Crippen LogP contribution is 2.35. The minimum Gasteiger partial charge on any atom is -0.144 e. The van der Waals surface area contributed by atoms with E-state index in [1.54, 1.807) is 0 Å². The van der Waals surface area contributed by atoms with Gasteiger partial charge >= 0.3 is 0 Å². The van der Waals surface area contributed by atoms with Crippen LogP contribution in [-0.4, -0.2) is 0 Å². The fraction of sp³-hybridized carbons (Fsp3) is 0.231. The molecule has 0 spiro atoms. The highest BCUT2D eigenvalue weighted by Gasteiger charge is 2.11. The van der Waals surface area contributed by atoms with Gasteiger partial charge in [-0.25, -0.2) is 0 Å². The normalized spacial score (nSPS) is 12.7. The largest absolute Gasteiger partial charge is 0.144 e. The summed E-state index contributed by atoms with van der Waals surface area (Å²) < 4.78 is 0. The lowest BCUT2D eigenvalue weighted by Gasteiger charge is -2.07. The van der Waals surface area contributed by atoms with Crippen LogP contribution in [0.3, 0.4) is 0 Å². The van der Waals surface area contributed by atoms with Gasteiger partial charge in [0.1, 0.15) is 0 Å². The first-order valence-electron chi connectivity index (χ1n) is 5.09. The summed E-state index contributed by atoms with van der Waals surface area (Å²) in [5.41, 5.74) is 1.32. The van der Waals surface area contributed by atoms with E-state index in [9.17, 15) is 0 Å². The van der Waals surface area contributed by atoms with Crippen LogP contribution >= 0.6 is 27.3 Å². The first-order valence-corrected chi connectivity index (χ1v) is 6.82. The van der Waals surface area contributed by atoms with Crippen molar-refractivity contribution in [2.45, 2.75) is 18.2 Å². The lowest BCUT2D eigenvalue weighted by Crippen LogP contribution is -1.87. The van der Waals surface area contributed by atoms with Gasteiger partial charge in [-0.05, 0) is 24.1 Å². The Kier molecular flexibility index (Phi) is 3.60. The molecule has 1 aromatic heterocycles. The average molecular weight is 281 g/mol. The number of alkyl halides is 1. The molecule has 0 N–H and O–H groups in total. The predicted octanol–water partition coefficient (Wildman–Crippen LogP) is 4.79. The van der Waals surface area contributed by atoms with Crippen molar-refractivity contribution in [2.24, 2.45) is 0 Å². The third kappa shape index (κ3) is 2.50. The Morgan fingerprint density at radius 2 is 1.87 bits per heavy atom. The molecule has 0 radical (unpaired) electrons. The minimum absolute atomic E-state index is 0.337. The number of hydrogen-bond acceptors (Lipinski definition) is 1. The SMILES string of the molecule is CCc1ccc(C(Br)c2ccccc2)s1. The molecular weight excluding hydrogens is 268 g/mol. The second-order valence-electron chi connectivity index (χ2n) is 3.43. The van der Waals surface area contributed by atoms with Gasteiger partial charge in [0.2, 0.25) is 0 Å². The van der Waals surface area contributed by atoms with Gasteiger partial charge in [0.05, 0.1) is 4.83 Å². The second kappa shape index (κ2) is 4.95. The van der Waals surface area contributed by atoms with Crippen molar-refractivity contribution in [3.63, 3.8) is 0 Å². The van der Waals surface area contributed by atoms with Gasteiger partial charge < -0.3 is 0 Å². The number of benzene rings is 1. The molecule has 78 valence electrons. The molecule has 0 aliphatic rings. The molecule has 1 heterocycles. The Balaban J connectivity index is 2.24. The molecular formula is C13H13BrS. The highest BCUT2D eigenvalue weighted by molar-refractivity contribution is 9.09. The lowest BCUT2D eigenvalue weighted by atomic mass is 10.1. The maximum absolute atomic E-state index is 3.75. The predicted molar refractivity (Wildman–Crippen MR) is 70.9 cm³/mol. The van der Waals surface area contributed by atoms with Gasteiger partial charge in [0.25, 0.3) is 0 Å². The number of thiophene rings is 1. The van der Waals surface area contributed by atoms with E-state index in [2.05, 4.69) is 65.3 Å². The molecule has 0 amide bonds. The Labute approximate surface area is 103 Å². The number of rotatable bonds is 3. The van der Waals surface area contributed by atoms with Gasteiger partial charge in [0, 0.05) is 9.75 Å². The molecule has 2 rings (SSSR count). The van der Waals surface area contributed by atoms with Crippen LogP contribution in [0.2, 0.25) is 0 Å². The van der Waals surface area contributed by atoms with E-state index in [4.69, 9.17) is 0 Å². The van der Waals surface area contributed by atoms with E-state index in [-0.39, 0.29) is 0 Å². The molecule has 0 fully saturated rings. The Bertz CT molecular complexity index is 419. The molecule has 1 unspecified atom stereocenters. The van der Waals surface area contributed by atoms with Crippen LogP contribution in [0.5, 0.6) is 0 Å². The molecule has 2 heteroatoms. The van der Waals surface area contributed by atoms with Gasteiger partial charge in [-0.2, -0.15) is 0 Å². The minimum atomic E-state index is 0.337. The van der Waals surface area contributed by atoms with Crippen molar-refractivity contribution in [3.05, 3.63) is 57.8 Å². The molecule has 0 saturated carbocycles. The topological polar surface area (TPSA) is 0 Å².